The second-order valence-corrected chi connectivity index (χ2v) is 4.26. The third kappa shape index (κ3) is 9.83. The highest BCUT2D eigenvalue weighted by molar-refractivity contribution is 7.85. The maximum atomic E-state index is 10.2. The van der Waals surface area contributed by atoms with Crippen LogP contribution in [0.1, 0.15) is 13.3 Å². The molecule has 3 N–H and O–H groups in total. The lowest BCUT2D eigenvalue weighted by molar-refractivity contribution is 0.191. The van der Waals surface area contributed by atoms with E-state index in [4.69, 9.17) is 9.66 Å². The van der Waals surface area contributed by atoms with Gasteiger partial charge in [-0.3, -0.25) is 4.55 Å². The third-order valence-electron chi connectivity index (χ3n) is 1.20. The average molecular weight is 197 g/mol. The first kappa shape index (κ1) is 11.8. The van der Waals surface area contributed by atoms with E-state index in [0.717, 1.165) is 0 Å². The summed E-state index contributed by atoms with van der Waals surface area (Å²) in [5, 5.41) is 11.6. The molecule has 0 amide bonds. The summed E-state index contributed by atoms with van der Waals surface area (Å²) in [7, 11) is -3.83. The molecule has 0 aliphatic rings. The Balaban J connectivity index is 3.23. The second kappa shape index (κ2) is 5.47. The van der Waals surface area contributed by atoms with Crippen LogP contribution in [-0.2, 0) is 10.1 Å². The fourth-order valence-corrected chi connectivity index (χ4v) is 1.20. The Morgan fingerprint density at radius 2 is 2.08 bits per heavy atom. The summed E-state index contributed by atoms with van der Waals surface area (Å²) in [4.78, 5) is 0. The van der Waals surface area contributed by atoms with Crippen molar-refractivity contribution in [3.63, 3.8) is 0 Å². The number of hydrogen-bond acceptors (Lipinski definition) is 4. The maximum Gasteiger partial charge on any atom is 0.264 e. The Bertz CT molecular complexity index is 200. The summed E-state index contributed by atoms with van der Waals surface area (Å²) in [5.74, 6) is -0.236. The predicted octanol–water partition coefficient (Wildman–Crippen LogP) is -0.765. The molecule has 5 nitrogen and oxygen atoms in total. The Hall–Kier alpha value is -0.170. The summed E-state index contributed by atoms with van der Waals surface area (Å²) < 4.78 is 28.7. The van der Waals surface area contributed by atoms with Gasteiger partial charge < -0.3 is 10.4 Å². The van der Waals surface area contributed by atoms with E-state index in [9.17, 15) is 8.42 Å². The van der Waals surface area contributed by atoms with Crippen molar-refractivity contribution in [2.24, 2.45) is 0 Å². The quantitative estimate of drug-likeness (QED) is 0.384. The fourth-order valence-electron chi connectivity index (χ4n) is 0.691. The first-order valence-electron chi connectivity index (χ1n) is 3.76. The molecule has 0 radical (unpaired) electrons. The van der Waals surface area contributed by atoms with Crippen LogP contribution in [0.3, 0.4) is 0 Å². The molecule has 0 aromatic rings. The summed E-state index contributed by atoms with van der Waals surface area (Å²) in [6.07, 6.45) is -0.0818. The van der Waals surface area contributed by atoms with Crippen LogP contribution in [0.4, 0.5) is 0 Å². The minimum Gasteiger partial charge on any atom is -0.392 e. The predicted molar refractivity (Wildman–Crippen MR) is 45.6 cm³/mol. The molecule has 6 heteroatoms. The standard InChI is InChI=1S/C6H15NO4S/c1-6(8)5-7-3-2-4-12(9,10)11/h6-8H,2-5H2,1H3,(H,9,10,11)/t6-/m0/s1. The SMILES string of the molecule is C[C@H](O)CNCCCS(=O)(=O)O. The van der Waals surface area contributed by atoms with Gasteiger partial charge in [0.1, 0.15) is 0 Å². The number of hydrogen-bond donors (Lipinski definition) is 3. The van der Waals surface area contributed by atoms with Gasteiger partial charge in [-0.05, 0) is 19.9 Å². The number of nitrogens with one attached hydrogen (secondary N) is 1. The number of rotatable bonds is 6. The van der Waals surface area contributed by atoms with Crippen molar-refractivity contribution in [1.29, 1.82) is 0 Å². The Kier molecular flexibility index (Phi) is 5.39. The maximum absolute atomic E-state index is 10.2. The molecule has 0 aliphatic carbocycles. The van der Waals surface area contributed by atoms with Gasteiger partial charge in [-0.15, -0.1) is 0 Å². The Morgan fingerprint density at radius 1 is 1.50 bits per heavy atom. The second-order valence-electron chi connectivity index (χ2n) is 2.69. The zero-order chi connectivity index (χ0) is 9.61. The molecule has 0 saturated carbocycles. The lowest BCUT2D eigenvalue weighted by Gasteiger charge is -2.05. The molecule has 0 fully saturated rings. The van der Waals surface area contributed by atoms with E-state index in [1.165, 1.54) is 0 Å². The van der Waals surface area contributed by atoms with Crippen molar-refractivity contribution in [2.75, 3.05) is 18.8 Å². The van der Waals surface area contributed by atoms with Crippen molar-refractivity contribution >= 4 is 10.1 Å². The molecule has 1 atom stereocenters. The van der Waals surface area contributed by atoms with E-state index < -0.39 is 16.2 Å². The molecule has 0 heterocycles. The lowest BCUT2D eigenvalue weighted by Crippen LogP contribution is -2.26. The minimum atomic E-state index is -3.83. The molecule has 0 spiro atoms. The van der Waals surface area contributed by atoms with Gasteiger partial charge in [0.25, 0.3) is 10.1 Å². The highest BCUT2D eigenvalue weighted by Crippen LogP contribution is 1.86. The highest BCUT2D eigenvalue weighted by Gasteiger charge is 2.02. The van der Waals surface area contributed by atoms with Crippen molar-refractivity contribution in [3.8, 4) is 0 Å². The van der Waals surface area contributed by atoms with Crippen LogP contribution < -0.4 is 5.32 Å². The average Bonchev–Trinajstić information content (AvgIpc) is 1.83. The molecule has 0 aromatic heterocycles. The van der Waals surface area contributed by atoms with Crippen molar-refractivity contribution in [2.45, 2.75) is 19.4 Å². The molecular weight excluding hydrogens is 182 g/mol. The molecule has 0 aromatic carbocycles. The van der Waals surface area contributed by atoms with Gasteiger partial charge in [-0.2, -0.15) is 8.42 Å². The van der Waals surface area contributed by atoms with Gasteiger partial charge in [-0.1, -0.05) is 0 Å². The normalized spacial score (nSPS) is 14.6. The van der Waals surface area contributed by atoms with Gasteiger partial charge >= 0.3 is 0 Å². The molecule has 12 heavy (non-hydrogen) atoms. The topological polar surface area (TPSA) is 86.6 Å². The van der Waals surface area contributed by atoms with Crippen LogP contribution >= 0.6 is 0 Å². The molecule has 0 unspecified atom stereocenters. The Morgan fingerprint density at radius 3 is 2.50 bits per heavy atom. The van der Waals surface area contributed by atoms with Crippen LogP contribution in [0, 0.1) is 0 Å². The largest absolute Gasteiger partial charge is 0.392 e. The molecule has 0 aliphatic heterocycles. The van der Waals surface area contributed by atoms with Crippen LogP contribution in [0.25, 0.3) is 0 Å². The van der Waals surface area contributed by atoms with E-state index in [0.29, 0.717) is 19.5 Å². The zero-order valence-electron chi connectivity index (χ0n) is 7.02. The first-order chi connectivity index (χ1) is 5.42. The van der Waals surface area contributed by atoms with Crippen molar-refractivity contribution < 1.29 is 18.1 Å². The van der Waals surface area contributed by atoms with Gasteiger partial charge in [0.05, 0.1) is 11.9 Å². The van der Waals surface area contributed by atoms with Crippen molar-refractivity contribution in [3.05, 3.63) is 0 Å². The molecule has 74 valence electrons. The summed E-state index contributed by atoms with van der Waals surface area (Å²) >= 11 is 0. The summed E-state index contributed by atoms with van der Waals surface area (Å²) in [5.41, 5.74) is 0. The summed E-state index contributed by atoms with van der Waals surface area (Å²) in [6.45, 7) is 2.55. The molecule has 0 rings (SSSR count). The fraction of sp³-hybridized carbons (Fsp3) is 1.00. The molecular formula is C6H15NO4S. The molecule has 0 bridgehead atoms. The van der Waals surface area contributed by atoms with E-state index in [2.05, 4.69) is 5.32 Å². The third-order valence-corrected chi connectivity index (χ3v) is 2.00. The van der Waals surface area contributed by atoms with E-state index in [-0.39, 0.29) is 5.75 Å². The van der Waals surface area contributed by atoms with Gasteiger partial charge in [-0.25, -0.2) is 0 Å². The molecule has 0 saturated heterocycles. The minimum absolute atomic E-state index is 0.236. The smallest absolute Gasteiger partial charge is 0.264 e. The van der Waals surface area contributed by atoms with Gasteiger partial charge in [0, 0.05) is 6.54 Å². The monoisotopic (exact) mass is 197 g/mol. The lowest BCUT2D eigenvalue weighted by atomic mass is 10.4. The van der Waals surface area contributed by atoms with Crippen LogP contribution in [0.2, 0.25) is 0 Å². The number of aliphatic hydroxyl groups is 1. The van der Waals surface area contributed by atoms with Crippen LogP contribution in [-0.4, -0.2) is 43.0 Å². The van der Waals surface area contributed by atoms with Crippen molar-refractivity contribution in [1.82, 2.24) is 5.32 Å². The van der Waals surface area contributed by atoms with E-state index in [1.54, 1.807) is 6.92 Å². The Labute approximate surface area is 72.5 Å². The summed E-state index contributed by atoms with van der Waals surface area (Å²) in [6, 6.07) is 0. The van der Waals surface area contributed by atoms with Crippen LogP contribution in [0.15, 0.2) is 0 Å². The van der Waals surface area contributed by atoms with Crippen LogP contribution in [0.5, 0.6) is 0 Å². The van der Waals surface area contributed by atoms with E-state index >= 15 is 0 Å². The zero-order valence-corrected chi connectivity index (χ0v) is 7.84. The van der Waals surface area contributed by atoms with Gasteiger partial charge in [0.2, 0.25) is 0 Å². The highest BCUT2D eigenvalue weighted by atomic mass is 32.2. The first-order valence-corrected chi connectivity index (χ1v) is 5.36. The number of aliphatic hydroxyl groups excluding tert-OH is 1. The van der Waals surface area contributed by atoms with Gasteiger partial charge in [0.15, 0.2) is 0 Å². The van der Waals surface area contributed by atoms with E-state index in [1.807, 2.05) is 0 Å².